The minimum Gasteiger partial charge on any atom is -0.496 e. The normalized spacial score (nSPS) is 12.6. The second kappa shape index (κ2) is 5.64. The largest absolute Gasteiger partial charge is 0.496 e. The molecule has 0 saturated heterocycles. The Kier molecular flexibility index (Phi) is 4.77. The van der Waals surface area contributed by atoms with E-state index < -0.39 is 0 Å². The molecule has 1 aromatic rings. The smallest absolute Gasteiger partial charge is 0.126 e. The molecule has 2 N–H and O–H groups in total. The van der Waals surface area contributed by atoms with Crippen molar-refractivity contribution in [3.05, 3.63) is 28.3 Å². The third-order valence-corrected chi connectivity index (χ3v) is 2.79. The lowest BCUT2D eigenvalue weighted by Crippen LogP contribution is -2.12. The van der Waals surface area contributed by atoms with E-state index in [1.165, 1.54) is 0 Å². The fourth-order valence-corrected chi connectivity index (χ4v) is 2.16. The standard InChI is InChI=1S/C11H16ClNOS/c1-7-5-8(12)6-9(11(7)14-2)10(13)3-4-15/h5-6,10,15H,3-4,13H2,1-2H3. The Bertz CT molecular complexity index is 344. The number of thiol groups is 1. The van der Waals surface area contributed by atoms with Gasteiger partial charge in [-0.15, -0.1) is 0 Å². The lowest BCUT2D eigenvalue weighted by molar-refractivity contribution is 0.402. The van der Waals surface area contributed by atoms with E-state index in [1.54, 1.807) is 7.11 Å². The van der Waals surface area contributed by atoms with Gasteiger partial charge in [0.15, 0.2) is 0 Å². The zero-order valence-corrected chi connectivity index (χ0v) is 10.6. The number of nitrogens with two attached hydrogens (primary N) is 1. The first kappa shape index (κ1) is 12.7. The van der Waals surface area contributed by atoms with E-state index in [-0.39, 0.29) is 6.04 Å². The Hall–Kier alpha value is -0.380. The van der Waals surface area contributed by atoms with Crippen LogP contribution in [0.2, 0.25) is 5.02 Å². The van der Waals surface area contributed by atoms with Crippen LogP contribution >= 0.6 is 24.2 Å². The molecule has 0 aliphatic rings. The number of hydrogen-bond donors (Lipinski definition) is 2. The van der Waals surface area contributed by atoms with Crippen molar-refractivity contribution >= 4 is 24.2 Å². The average Bonchev–Trinajstić information content (AvgIpc) is 2.17. The molecule has 15 heavy (non-hydrogen) atoms. The second-order valence-corrected chi connectivity index (χ2v) is 4.35. The lowest BCUT2D eigenvalue weighted by Gasteiger charge is -2.17. The molecule has 0 heterocycles. The van der Waals surface area contributed by atoms with Crippen LogP contribution in [-0.4, -0.2) is 12.9 Å². The van der Waals surface area contributed by atoms with E-state index in [2.05, 4.69) is 12.6 Å². The second-order valence-electron chi connectivity index (χ2n) is 3.46. The van der Waals surface area contributed by atoms with Gasteiger partial charge in [-0.1, -0.05) is 11.6 Å². The van der Waals surface area contributed by atoms with Gasteiger partial charge in [0.25, 0.3) is 0 Å². The number of aryl methyl sites for hydroxylation is 1. The summed E-state index contributed by atoms with van der Waals surface area (Å²) in [5.41, 5.74) is 8.00. The summed E-state index contributed by atoms with van der Waals surface area (Å²) in [6.45, 7) is 1.96. The number of rotatable bonds is 4. The van der Waals surface area contributed by atoms with E-state index >= 15 is 0 Å². The lowest BCUT2D eigenvalue weighted by atomic mass is 10.0. The summed E-state index contributed by atoms with van der Waals surface area (Å²) < 4.78 is 5.33. The zero-order chi connectivity index (χ0) is 11.4. The van der Waals surface area contributed by atoms with Gasteiger partial charge in [0.1, 0.15) is 5.75 Å². The number of halogens is 1. The number of benzene rings is 1. The fourth-order valence-electron chi connectivity index (χ4n) is 1.60. The van der Waals surface area contributed by atoms with Crippen molar-refractivity contribution in [3.8, 4) is 5.75 Å². The van der Waals surface area contributed by atoms with Crippen LogP contribution in [0.25, 0.3) is 0 Å². The summed E-state index contributed by atoms with van der Waals surface area (Å²) in [5.74, 6) is 1.57. The van der Waals surface area contributed by atoms with Crippen molar-refractivity contribution in [2.45, 2.75) is 19.4 Å². The van der Waals surface area contributed by atoms with E-state index in [1.807, 2.05) is 19.1 Å². The maximum atomic E-state index is 6.03. The molecule has 0 aliphatic carbocycles. The summed E-state index contributed by atoms with van der Waals surface area (Å²) in [6.07, 6.45) is 0.805. The van der Waals surface area contributed by atoms with Crippen molar-refractivity contribution in [2.75, 3.05) is 12.9 Å². The molecule has 4 heteroatoms. The van der Waals surface area contributed by atoms with Crippen LogP contribution in [0.3, 0.4) is 0 Å². The summed E-state index contributed by atoms with van der Waals surface area (Å²) in [4.78, 5) is 0. The number of hydrogen-bond acceptors (Lipinski definition) is 3. The highest BCUT2D eigenvalue weighted by Gasteiger charge is 2.14. The van der Waals surface area contributed by atoms with Crippen LogP contribution in [0.1, 0.15) is 23.6 Å². The Morgan fingerprint density at radius 3 is 2.73 bits per heavy atom. The molecular weight excluding hydrogens is 230 g/mol. The molecule has 1 atom stereocenters. The zero-order valence-electron chi connectivity index (χ0n) is 8.96. The molecule has 0 bridgehead atoms. The predicted molar refractivity (Wildman–Crippen MR) is 68.1 cm³/mol. The summed E-state index contributed by atoms with van der Waals surface area (Å²) in [5, 5.41) is 0.693. The third kappa shape index (κ3) is 3.03. The van der Waals surface area contributed by atoms with Gasteiger partial charge in [-0.25, -0.2) is 0 Å². The fraction of sp³-hybridized carbons (Fsp3) is 0.455. The monoisotopic (exact) mass is 245 g/mol. The van der Waals surface area contributed by atoms with Crippen LogP contribution in [0.15, 0.2) is 12.1 Å². The van der Waals surface area contributed by atoms with Gasteiger partial charge >= 0.3 is 0 Å². The highest BCUT2D eigenvalue weighted by atomic mass is 35.5. The first-order chi connectivity index (χ1) is 7.10. The van der Waals surface area contributed by atoms with Crippen LogP contribution in [0, 0.1) is 6.92 Å². The van der Waals surface area contributed by atoms with Crippen molar-refractivity contribution in [1.29, 1.82) is 0 Å². The Labute approximate surface area is 101 Å². The van der Waals surface area contributed by atoms with Crippen LogP contribution in [0.5, 0.6) is 5.75 Å². The van der Waals surface area contributed by atoms with Gasteiger partial charge in [0.05, 0.1) is 7.11 Å². The SMILES string of the molecule is COc1c(C)cc(Cl)cc1C(N)CCS. The molecule has 0 saturated carbocycles. The molecule has 1 rings (SSSR count). The van der Waals surface area contributed by atoms with Crippen molar-refractivity contribution < 1.29 is 4.74 Å². The molecule has 0 amide bonds. The van der Waals surface area contributed by atoms with Gasteiger partial charge < -0.3 is 10.5 Å². The molecule has 0 fully saturated rings. The topological polar surface area (TPSA) is 35.2 Å². The summed E-state index contributed by atoms with van der Waals surface area (Å²) >= 11 is 10.2. The predicted octanol–water partition coefficient (Wildman–Crippen LogP) is 2.98. The highest BCUT2D eigenvalue weighted by Crippen LogP contribution is 2.32. The van der Waals surface area contributed by atoms with Gasteiger partial charge in [-0.05, 0) is 36.8 Å². The Morgan fingerprint density at radius 1 is 1.53 bits per heavy atom. The molecular formula is C11H16ClNOS. The molecule has 2 nitrogen and oxygen atoms in total. The minimum absolute atomic E-state index is 0.0742. The van der Waals surface area contributed by atoms with Crippen molar-refractivity contribution in [3.63, 3.8) is 0 Å². The summed E-state index contributed by atoms with van der Waals surface area (Å²) in [6, 6.07) is 3.66. The molecule has 0 spiro atoms. The van der Waals surface area contributed by atoms with Crippen LogP contribution < -0.4 is 10.5 Å². The molecule has 0 aliphatic heterocycles. The van der Waals surface area contributed by atoms with E-state index in [4.69, 9.17) is 22.1 Å². The quantitative estimate of drug-likeness (QED) is 0.800. The third-order valence-electron chi connectivity index (χ3n) is 2.31. The van der Waals surface area contributed by atoms with E-state index in [0.29, 0.717) is 5.02 Å². The van der Waals surface area contributed by atoms with Gasteiger partial charge in [0.2, 0.25) is 0 Å². The molecule has 84 valence electrons. The number of ether oxygens (including phenoxy) is 1. The van der Waals surface area contributed by atoms with Crippen molar-refractivity contribution in [1.82, 2.24) is 0 Å². The first-order valence-corrected chi connectivity index (χ1v) is 5.81. The maximum Gasteiger partial charge on any atom is 0.126 e. The molecule has 0 aromatic heterocycles. The maximum absolute atomic E-state index is 6.03. The van der Waals surface area contributed by atoms with Crippen molar-refractivity contribution in [2.24, 2.45) is 5.73 Å². The summed E-state index contributed by atoms with van der Waals surface area (Å²) in [7, 11) is 1.65. The average molecular weight is 246 g/mol. The Morgan fingerprint density at radius 2 is 2.20 bits per heavy atom. The highest BCUT2D eigenvalue weighted by molar-refractivity contribution is 7.80. The number of methoxy groups -OCH3 is 1. The van der Waals surface area contributed by atoms with Gasteiger partial charge in [-0.3, -0.25) is 0 Å². The first-order valence-electron chi connectivity index (χ1n) is 4.80. The van der Waals surface area contributed by atoms with E-state index in [0.717, 1.165) is 29.1 Å². The minimum atomic E-state index is -0.0742. The van der Waals surface area contributed by atoms with Crippen LogP contribution in [0.4, 0.5) is 0 Å². The molecule has 1 unspecified atom stereocenters. The van der Waals surface area contributed by atoms with E-state index in [9.17, 15) is 0 Å². The van der Waals surface area contributed by atoms with Gasteiger partial charge in [-0.2, -0.15) is 12.6 Å². The molecule has 0 radical (unpaired) electrons. The Balaban J connectivity index is 3.13. The molecule has 1 aromatic carbocycles. The van der Waals surface area contributed by atoms with Crippen LogP contribution in [-0.2, 0) is 0 Å². The van der Waals surface area contributed by atoms with Gasteiger partial charge in [0, 0.05) is 16.6 Å².